The van der Waals surface area contributed by atoms with Crippen molar-refractivity contribution in [2.24, 2.45) is 5.16 Å². The van der Waals surface area contributed by atoms with Crippen LogP contribution in [0.4, 0.5) is 15.9 Å². The van der Waals surface area contributed by atoms with Crippen LogP contribution in [0.5, 0.6) is 0 Å². The zero-order valence-corrected chi connectivity index (χ0v) is 17.7. The molecule has 0 saturated heterocycles. The molecular weight excluding hydrogens is 493 g/mol. The summed E-state index contributed by atoms with van der Waals surface area (Å²) in [7, 11) is 0. The number of halogens is 2. The first-order valence-corrected chi connectivity index (χ1v) is 10.2. The third-order valence-electron chi connectivity index (χ3n) is 3.89. The van der Waals surface area contributed by atoms with Gasteiger partial charge in [-0.05, 0) is 56.6 Å². The molecule has 1 aromatic carbocycles. The molecule has 4 rings (SSSR count). The van der Waals surface area contributed by atoms with Crippen LogP contribution in [0.15, 0.2) is 62.4 Å². The SMILES string of the molecule is O=C(Nc1nonc1/C(=N\O)Nc1ccc(F)c(Br)c1)c1csc(-c2ccncc2)n1. The second-order valence-electron chi connectivity index (χ2n) is 5.89. The summed E-state index contributed by atoms with van der Waals surface area (Å²) in [4.78, 5) is 20.9. The molecule has 3 N–H and O–H groups in total. The topological polar surface area (TPSA) is 138 Å². The molecule has 0 unspecified atom stereocenters. The first-order valence-electron chi connectivity index (χ1n) is 8.49. The van der Waals surface area contributed by atoms with Gasteiger partial charge in [-0.15, -0.1) is 11.3 Å². The van der Waals surface area contributed by atoms with Gasteiger partial charge in [0.25, 0.3) is 5.91 Å². The van der Waals surface area contributed by atoms with E-state index in [4.69, 9.17) is 0 Å². The van der Waals surface area contributed by atoms with E-state index < -0.39 is 11.7 Å². The quantitative estimate of drug-likeness (QED) is 0.161. The van der Waals surface area contributed by atoms with Gasteiger partial charge < -0.3 is 15.8 Å². The Balaban J connectivity index is 1.52. The van der Waals surface area contributed by atoms with E-state index in [0.717, 1.165) is 5.56 Å². The third-order valence-corrected chi connectivity index (χ3v) is 5.39. The molecule has 13 heteroatoms. The highest BCUT2D eigenvalue weighted by Crippen LogP contribution is 2.24. The number of carbonyl (C=O) groups excluding carboxylic acids is 1. The Kier molecular flexibility index (Phi) is 5.95. The van der Waals surface area contributed by atoms with Gasteiger partial charge in [-0.25, -0.2) is 14.0 Å². The summed E-state index contributed by atoms with van der Waals surface area (Å²) in [5, 5.41) is 27.3. The second kappa shape index (κ2) is 8.97. The summed E-state index contributed by atoms with van der Waals surface area (Å²) in [5.74, 6) is -1.29. The lowest BCUT2D eigenvalue weighted by atomic mass is 10.3. The number of amidine groups is 1. The Morgan fingerprint density at radius 3 is 2.74 bits per heavy atom. The fourth-order valence-corrected chi connectivity index (χ4v) is 3.63. The van der Waals surface area contributed by atoms with Gasteiger partial charge in [-0.2, -0.15) is 0 Å². The van der Waals surface area contributed by atoms with Crippen molar-refractivity contribution in [2.45, 2.75) is 0 Å². The predicted octanol–water partition coefficient (Wildman–Crippen LogP) is 3.99. The summed E-state index contributed by atoms with van der Waals surface area (Å²) >= 11 is 4.36. The molecule has 10 nitrogen and oxygen atoms in total. The van der Waals surface area contributed by atoms with Crippen molar-refractivity contribution in [3.05, 3.63) is 69.8 Å². The summed E-state index contributed by atoms with van der Waals surface area (Å²) < 4.78 is 18.3. The van der Waals surface area contributed by atoms with Gasteiger partial charge in [-0.1, -0.05) is 5.16 Å². The standard InChI is InChI=1S/C18H11BrFN7O3S/c19-11-7-10(1-2-12(11)20)22-15(25-29)14-16(27-30-26-14)24-17(28)13-8-31-18(23-13)9-3-5-21-6-4-9/h1-8,29H,(H,22,25)(H,24,27,28). The van der Waals surface area contributed by atoms with Crippen LogP contribution in [0, 0.1) is 5.82 Å². The molecule has 3 aromatic heterocycles. The maximum atomic E-state index is 13.4. The van der Waals surface area contributed by atoms with E-state index >= 15 is 0 Å². The van der Waals surface area contributed by atoms with Gasteiger partial charge in [0.1, 0.15) is 16.5 Å². The number of benzene rings is 1. The molecule has 0 saturated carbocycles. The molecule has 0 aliphatic rings. The number of hydrogen-bond donors (Lipinski definition) is 3. The Labute approximate surface area is 185 Å². The molecular formula is C18H11BrFN7O3S. The van der Waals surface area contributed by atoms with E-state index in [0.29, 0.717) is 10.7 Å². The normalized spacial score (nSPS) is 11.4. The van der Waals surface area contributed by atoms with Crippen LogP contribution in [0.3, 0.4) is 0 Å². The molecule has 0 aliphatic carbocycles. The first kappa shape index (κ1) is 20.6. The van der Waals surface area contributed by atoms with E-state index in [1.807, 2.05) is 0 Å². The molecule has 4 aromatic rings. The molecule has 1 amide bonds. The third kappa shape index (κ3) is 4.57. The average molecular weight is 504 g/mol. The Morgan fingerprint density at radius 1 is 1.19 bits per heavy atom. The molecule has 156 valence electrons. The molecule has 0 spiro atoms. The minimum absolute atomic E-state index is 0.0686. The number of pyridine rings is 1. The van der Waals surface area contributed by atoms with Crippen LogP contribution in [0.1, 0.15) is 16.2 Å². The van der Waals surface area contributed by atoms with Crippen molar-refractivity contribution >= 4 is 50.5 Å². The Morgan fingerprint density at radius 2 is 2.00 bits per heavy atom. The number of nitrogens with zero attached hydrogens (tertiary/aromatic N) is 5. The number of nitrogens with one attached hydrogen (secondary N) is 2. The van der Waals surface area contributed by atoms with Gasteiger partial charge >= 0.3 is 0 Å². The zero-order chi connectivity index (χ0) is 21.8. The molecule has 0 radical (unpaired) electrons. The van der Waals surface area contributed by atoms with Crippen LogP contribution >= 0.6 is 27.3 Å². The molecule has 0 aliphatic heterocycles. The second-order valence-corrected chi connectivity index (χ2v) is 7.60. The lowest BCUT2D eigenvalue weighted by Gasteiger charge is -2.07. The van der Waals surface area contributed by atoms with Crippen molar-refractivity contribution in [3.8, 4) is 10.6 Å². The van der Waals surface area contributed by atoms with Crippen molar-refractivity contribution < 1.29 is 19.0 Å². The number of rotatable bonds is 5. The molecule has 0 bridgehead atoms. The van der Waals surface area contributed by atoms with Crippen LogP contribution < -0.4 is 10.6 Å². The van der Waals surface area contributed by atoms with Crippen molar-refractivity contribution in [1.29, 1.82) is 0 Å². The van der Waals surface area contributed by atoms with Gasteiger partial charge in [-0.3, -0.25) is 9.78 Å². The Bertz CT molecular complexity index is 1260. The summed E-state index contributed by atoms with van der Waals surface area (Å²) in [6, 6.07) is 7.64. The van der Waals surface area contributed by atoms with Crippen LogP contribution in [0.25, 0.3) is 10.6 Å². The fraction of sp³-hybridized carbons (Fsp3) is 0. The van der Waals surface area contributed by atoms with E-state index in [-0.39, 0.29) is 27.5 Å². The number of hydrogen-bond acceptors (Lipinski definition) is 9. The van der Waals surface area contributed by atoms with Gasteiger partial charge in [0.15, 0.2) is 5.69 Å². The highest BCUT2D eigenvalue weighted by molar-refractivity contribution is 9.10. The minimum Gasteiger partial charge on any atom is -0.409 e. The smallest absolute Gasteiger partial charge is 0.276 e. The number of thiazole rings is 1. The van der Waals surface area contributed by atoms with E-state index in [2.05, 4.69) is 56.6 Å². The zero-order valence-electron chi connectivity index (χ0n) is 15.3. The highest BCUT2D eigenvalue weighted by Gasteiger charge is 2.22. The largest absolute Gasteiger partial charge is 0.409 e. The number of amides is 1. The maximum absolute atomic E-state index is 13.4. The van der Waals surface area contributed by atoms with Crippen LogP contribution in [-0.4, -0.2) is 37.2 Å². The molecule has 31 heavy (non-hydrogen) atoms. The maximum Gasteiger partial charge on any atom is 0.276 e. The van der Waals surface area contributed by atoms with E-state index in [1.165, 1.54) is 29.5 Å². The van der Waals surface area contributed by atoms with Crippen molar-refractivity contribution in [1.82, 2.24) is 20.3 Å². The number of oxime groups is 1. The molecule has 3 heterocycles. The van der Waals surface area contributed by atoms with Gasteiger partial charge in [0.2, 0.25) is 11.7 Å². The lowest BCUT2D eigenvalue weighted by molar-refractivity contribution is 0.102. The number of carbonyl (C=O) groups is 1. The number of aromatic nitrogens is 4. The number of anilines is 2. The van der Waals surface area contributed by atoms with Crippen LogP contribution in [0.2, 0.25) is 0 Å². The fourth-order valence-electron chi connectivity index (χ4n) is 2.44. The van der Waals surface area contributed by atoms with Crippen molar-refractivity contribution in [2.75, 3.05) is 10.6 Å². The highest BCUT2D eigenvalue weighted by atomic mass is 79.9. The summed E-state index contributed by atoms with van der Waals surface area (Å²) in [6.45, 7) is 0. The Hall–Kier alpha value is -3.71. The van der Waals surface area contributed by atoms with Gasteiger partial charge in [0.05, 0.1) is 4.47 Å². The van der Waals surface area contributed by atoms with E-state index in [9.17, 15) is 14.4 Å². The molecule has 0 atom stereocenters. The monoisotopic (exact) mass is 503 g/mol. The average Bonchev–Trinajstić information content (AvgIpc) is 3.45. The van der Waals surface area contributed by atoms with Crippen LogP contribution in [-0.2, 0) is 0 Å². The first-order chi connectivity index (χ1) is 15.0. The lowest BCUT2D eigenvalue weighted by Crippen LogP contribution is -2.19. The van der Waals surface area contributed by atoms with Crippen molar-refractivity contribution in [3.63, 3.8) is 0 Å². The van der Waals surface area contributed by atoms with E-state index in [1.54, 1.807) is 29.9 Å². The predicted molar refractivity (Wildman–Crippen MR) is 114 cm³/mol. The summed E-state index contributed by atoms with van der Waals surface area (Å²) in [6.07, 6.45) is 3.26. The summed E-state index contributed by atoms with van der Waals surface area (Å²) in [5.41, 5.74) is 1.31. The minimum atomic E-state index is -0.560. The molecule has 0 fully saturated rings. The van der Waals surface area contributed by atoms with Gasteiger partial charge in [0, 0.05) is 29.0 Å².